The summed E-state index contributed by atoms with van der Waals surface area (Å²) < 4.78 is 0. The zero-order chi connectivity index (χ0) is 16.2. The van der Waals surface area contributed by atoms with E-state index in [1.54, 1.807) is 18.2 Å². The molecule has 4 nitrogen and oxygen atoms in total. The van der Waals surface area contributed by atoms with Crippen LogP contribution >= 0.6 is 23.2 Å². The average molecular weight is 333 g/mol. The van der Waals surface area contributed by atoms with Crippen molar-refractivity contribution >= 4 is 29.1 Å². The van der Waals surface area contributed by atoms with Crippen molar-refractivity contribution in [3.05, 3.63) is 33.8 Å². The average Bonchev–Trinajstić information content (AvgIpc) is 2.35. The topological polar surface area (TPSA) is 52.6 Å². The van der Waals surface area contributed by atoms with Crippen molar-refractivity contribution in [3.63, 3.8) is 0 Å². The highest BCUT2D eigenvalue weighted by Crippen LogP contribution is 2.25. The first-order valence-electron chi connectivity index (χ1n) is 6.70. The van der Waals surface area contributed by atoms with Crippen molar-refractivity contribution in [2.45, 2.75) is 31.9 Å². The number of hydrogen-bond donors (Lipinski definition) is 2. The smallest absolute Gasteiger partial charge is 0.223 e. The fourth-order valence-electron chi connectivity index (χ4n) is 1.61. The molecule has 0 spiro atoms. The Kier molecular flexibility index (Phi) is 6.47. The molecule has 1 unspecified atom stereocenters. The van der Waals surface area contributed by atoms with Crippen molar-refractivity contribution in [1.82, 2.24) is 10.2 Å². The van der Waals surface area contributed by atoms with E-state index in [1.165, 1.54) is 0 Å². The number of hydrogen-bond acceptors (Lipinski definition) is 3. The standard InChI is InChI=1S/C15H22Cl2N2O2/c1-15(2,19(3)4)9-18-14(21)8-13(20)10-5-11(16)7-12(17)6-10/h5-7,13,20H,8-9H2,1-4H3,(H,18,21). The second-order valence-corrected chi connectivity index (χ2v) is 6.78. The zero-order valence-corrected chi connectivity index (χ0v) is 14.3. The van der Waals surface area contributed by atoms with Crippen molar-refractivity contribution in [3.8, 4) is 0 Å². The van der Waals surface area contributed by atoms with Gasteiger partial charge >= 0.3 is 0 Å². The van der Waals surface area contributed by atoms with E-state index in [2.05, 4.69) is 5.32 Å². The lowest BCUT2D eigenvalue weighted by molar-refractivity contribution is -0.123. The van der Waals surface area contributed by atoms with Gasteiger partial charge in [-0.05, 0) is 51.7 Å². The highest BCUT2D eigenvalue weighted by atomic mass is 35.5. The Bertz CT molecular complexity index is 484. The first-order valence-corrected chi connectivity index (χ1v) is 7.45. The number of amides is 1. The molecule has 0 radical (unpaired) electrons. The summed E-state index contributed by atoms with van der Waals surface area (Å²) in [5.41, 5.74) is 0.384. The number of nitrogens with zero attached hydrogens (tertiary/aromatic N) is 1. The molecular weight excluding hydrogens is 311 g/mol. The normalized spacial score (nSPS) is 13.3. The summed E-state index contributed by atoms with van der Waals surface area (Å²) in [4.78, 5) is 13.9. The molecule has 1 rings (SSSR count). The van der Waals surface area contributed by atoms with Crippen LogP contribution in [-0.2, 0) is 4.79 Å². The molecule has 0 bridgehead atoms. The van der Waals surface area contributed by atoms with Gasteiger partial charge in [0.25, 0.3) is 0 Å². The van der Waals surface area contributed by atoms with Gasteiger partial charge in [-0.2, -0.15) is 0 Å². The molecule has 0 aliphatic rings. The number of likely N-dealkylation sites (N-methyl/N-ethyl adjacent to an activating group) is 1. The molecule has 2 N–H and O–H groups in total. The van der Waals surface area contributed by atoms with E-state index < -0.39 is 6.10 Å². The van der Waals surface area contributed by atoms with Gasteiger partial charge in [0.2, 0.25) is 5.91 Å². The van der Waals surface area contributed by atoms with Crippen LogP contribution in [-0.4, -0.2) is 42.1 Å². The summed E-state index contributed by atoms with van der Waals surface area (Å²) in [5.74, 6) is -0.214. The summed E-state index contributed by atoms with van der Waals surface area (Å²) in [6.07, 6.45) is -0.955. The molecule has 0 saturated heterocycles. The Morgan fingerprint density at radius 2 is 1.81 bits per heavy atom. The summed E-state index contributed by atoms with van der Waals surface area (Å²) in [6.45, 7) is 4.56. The summed E-state index contributed by atoms with van der Waals surface area (Å²) >= 11 is 11.8. The predicted octanol–water partition coefficient (Wildman–Crippen LogP) is 2.87. The van der Waals surface area contributed by atoms with Crippen molar-refractivity contribution in [2.75, 3.05) is 20.6 Å². The minimum atomic E-state index is -0.927. The second-order valence-electron chi connectivity index (χ2n) is 5.91. The molecule has 0 aliphatic heterocycles. The van der Waals surface area contributed by atoms with Crippen LogP contribution in [0.15, 0.2) is 18.2 Å². The van der Waals surface area contributed by atoms with Crippen LogP contribution in [0.2, 0.25) is 10.0 Å². The minimum absolute atomic E-state index is 0.0276. The maximum Gasteiger partial charge on any atom is 0.223 e. The highest BCUT2D eigenvalue weighted by molar-refractivity contribution is 6.34. The molecular formula is C15H22Cl2N2O2. The van der Waals surface area contributed by atoms with E-state index in [4.69, 9.17) is 23.2 Å². The molecule has 118 valence electrons. The predicted molar refractivity (Wildman–Crippen MR) is 86.8 cm³/mol. The maximum absolute atomic E-state index is 11.9. The van der Waals surface area contributed by atoms with Crippen molar-refractivity contribution < 1.29 is 9.90 Å². The molecule has 1 amide bonds. The first kappa shape index (κ1) is 18.2. The Hall–Kier alpha value is -0.810. The molecule has 0 heterocycles. The molecule has 1 atom stereocenters. The first-order chi connectivity index (χ1) is 9.61. The molecule has 0 aromatic heterocycles. The number of aliphatic hydroxyl groups is 1. The van der Waals surface area contributed by atoms with Crippen LogP contribution in [0, 0.1) is 0 Å². The van der Waals surface area contributed by atoms with Crippen LogP contribution < -0.4 is 5.32 Å². The number of nitrogens with one attached hydrogen (secondary N) is 1. The monoisotopic (exact) mass is 332 g/mol. The summed E-state index contributed by atoms with van der Waals surface area (Å²) in [7, 11) is 3.91. The molecule has 1 aromatic rings. The number of aliphatic hydroxyl groups excluding tert-OH is 1. The number of benzene rings is 1. The number of halogens is 2. The zero-order valence-electron chi connectivity index (χ0n) is 12.8. The lowest BCUT2D eigenvalue weighted by Gasteiger charge is -2.32. The fourth-order valence-corrected chi connectivity index (χ4v) is 2.15. The van der Waals surface area contributed by atoms with E-state index >= 15 is 0 Å². The Morgan fingerprint density at radius 3 is 2.29 bits per heavy atom. The van der Waals surface area contributed by atoms with Gasteiger partial charge in [0.15, 0.2) is 0 Å². The molecule has 1 aromatic carbocycles. The fraction of sp³-hybridized carbons (Fsp3) is 0.533. The molecule has 0 aliphatic carbocycles. The Labute approximate surface area is 136 Å². The largest absolute Gasteiger partial charge is 0.388 e. The van der Waals surface area contributed by atoms with E-state index in [-0.39, 0.29) is 17.9 Å². The van der Waals surface area contributed by atoms with Crippen LogP contribution in [0.4, 0.5) is 0 Å². The van der Waals surface area contributed by atoms with E-state index in [0.29, 0.717) is 22.2 Å². The van der Waals surface area contributed by atoms with Crippen LogP contribution in [0.1, 0.15) is 31.9 Å². The van der Waals surface area contributed by atoms with Gasteiger partial charge in [-0.3, -0.25) is 4.79 Å². The van der Waals surface area contributed by atoms with Gasteiger partial charge in [-0.15, -0.1) is 0 Å². The minimum Gasteiger partial charge on any atom is -0.388 e. The number of rotatable bonds is 6. The SMILES string of the molecule is CN(C)C(C)(C)CNC(=O)CC(O)c1cc(Cl)cc(Cl)c1. The van der Waals surface area contributed by atoms with Gasteiger partial charge in [0.1, 0.15) is 0 Å². The van der Waals surface area contributed by atoms with Gasteiger partial charge in [-0.1, -0.05) is 23.2 Å². The van der Waals surface area contributed by atoms with Crippen molar-refractivity contribution in [1.29, 1.82) is 0 Å². The van der Waals surface area contributed by atoms with E-state index in [1.807, 2.05) is 32.8 Å². The molecule has 6 heteroatoms. The third-order valence-electron chi connectivity index (χ3n) is 3.58. The maximum atomic E-state index is 11.9. The highest BCUT2D eigenvalue weighted by Gasteiger charge is 2.22. The van der Waals surface area contributed by atoms with Crippen molar-refractivity contribution in [2.24, 2.45) is 0 Å². The van der Waals surface area contributed by atoms with Crippen LogP contribution in [0.3, 0.4) is 0 Å². The van der Waals surface area contributed by atoms with Gasteiger partial charge in [-0.25, -0.2) is 0 Å². The molecule has 21 heavy (non-hydrogen) atoms. The third-order valence-corrected chi connectivity index (χ3v) is 4.01. The van der Waals surface area contributed by atoms with E-state index in [0.717, 1.165) is 0 Å². The quantitative estimate of drug-likeness (QED) is 0.842. The third kappa shape index (κ3) is 5.83. The number of carbonyl (C=O) groups is 1. The molecule has 0 fully saturated rings. The van der Waals surface area contributed by atoms with Gasteiger partial charge in [0, 0.05) is 22.1 Å². The number of carbonyl (C=O) groups excluding carboxylic acids is 1. The lowest BCUT2D eigenvalue weighted by atomic mass is 10.0. The van der Waals surface area contributed by atoms with Crippen LogP contribution in [0.5, 0.6) is 0 Å². The Morgan fingerprint density at radius 1 is 1.29 bits per heavy atom. The second kappa shape index (κ2) is 7.45. The van der Waals surface area contributed by atoms with Crippen LogP contribution in [0.25, 0.3) is 0 Å². The molecule has 0 saturated carbocycles. The summed E-state index contributed by atoms with van der Waals surface area (Å²) in [5, 5.41) is 13.8. The summed E-state index contributed by atoms with van der Waals surface area (Å²) in [6, 6.07) is 4.79. The Balaban J connectivity index is 2.58. The van der Waals surface area contributed by atoms with Gasteiger partial charge in [0.05, 0.1) is 12.5 Å². The van der Waals surface area contributed by atoms with Gasteiger partial charge < -0.3 is 15.3 Å². The van der Waals surface area contributed by atoms with E-state index in [9.17, 15) is 9.90 Å². The lowest BCUT2D eigenvalue weighted by Crippen LogP contribution is -2.48.